The Balaban J connectivity index is 1.86. The number of carbonyl (C=O) groups is 1. The van der Waals surface area contributed by atoms with Gasteiger partial charge in [-0.05, 0) is 43.4 Å². The first-order valence-electron chi connectivity index (χ1n) is 9.71. The van der Waals surface area contributed by atoms with Crippen LogP contribution < -0.4 is 9.47 Å². The smallest absolute Gasteiger partial charge is 0.387 e. The summed E-state index contributed by atoms with van der Waals surface area (Å²) < 4.78 is 35.2. The first kappa shape index (κ1) is 21.3. The average molecular weight is 410 g/mol. The van der Waals surface area contributed by atoms with Gasteiger partial charge in [0.25, 0.3) is 0 Å². The van der Waals surface area contributed by atoms with Crippen molar-refractivity contribution in [2.24, 2.45) is 0 Å². The number of nitriles is 1. The average Bonchev–Trinajstić information content (AvgIpc) is 3.16. The predicted molar refractivity (Wildman–Crippen MR) is 98.3 cm³/mol. The lowest BCUT2D eigenvalue weighted by molar-refractivity contribution is -0.879. The van der Waals surface area contributed by atoms with Gasteiger partial charge in [-0.2, -0.15) is 14.0 Å². The van der Waals surface area contributed by atoms with Gasteiger partial charge in [0.05, 0.1) is 30.7 Å². The summed E-state index contributed by atoms with van der Waals surface area (Å²) in [6.45, 7) is -3.55. The van der Waals surface area contributed by atoms with Crippen LogP contribution in [0.2, 0.25) is 0 Å². The summed E-state index contributed by atoms with van der Waals surface area (Å²) in [5.74, 6) is -1.09. The van der Waals surface area contributed by atoms with Gasteiger partial charge in [0.15, 0.2) is 18.0 Å². The van der Waals surface area contributed by atoms with Crippen LogP contribution in [0.3, 0.4) is 0 Å². The molecule has 1 saturated heterocycles. The molecule has 1 aliphatic heterocycles. The van der Waals surface area contributed by atoms with Crippen molar-refractivity contribution in [3.05, 3.63) is 29.0 Å². The number of hydrogen-bond acceptors (Lipinski definition) is 5. The molecule has 158 valence electrons. The number of carboxylic acids is 1. The van der Waals surface area contributed by atoms with Crippen molar-refractivity contribution in [3.63, 3.8) is 0 Å². The van der Waals surface area contributed by atoms with E-state index in [1.807, 2.05) is 0 Å². The highest BCUT2D eigenvalue weighted by atomic mass is 19.3. The van der Waals surface area contributed by atoms with E-state index in [1.165, 1.54) is 6.07 Å². The van der Waals surface area contributed by atoms with Crippen LogP contribution >= 0.6 is 0 Å². The number of ether oxygens (including phenoxy) is 2. The van der Waals surface area contributed by atoms with Crippen LogP contribution in [0.5, 0.6) is 11.5 Å². The second kappa shape index (κ2) is 8.51. The number of benzene rings is 1. The normalized spacial score (nSPS) is 27.6. The number of hydroxylamine groups is 3. The van der Waals surface area contributed by atoms with E-state index in [0.29, 0.717) is 5.56 Å². The molecule has 0 bridgehead atoms. The third-order valence-corrected chi connectivity index (χ3v) is 5.84. The van der Waals surface area contributed by atoms with Gasteiger partial charge in [-0.3, -0.25) is 0 Å². The van der Waals surface area contributed by atoms with Crippen molar-refractivity contribution in [2.75, 3.05) is 19.6 Å². The molecule has 7 nitrogen and oxygen atoms in total. The van der Waals surface area contributed by atoms with Crippen molar-refractivity contribution in [1.82, 2.24) is 0 Å². The lowest BCUT2D eigenvalue weighted by Crippen LogP contribution is -2.54. The van der Waals surface area contributed by atoms with Gasteiger partial charge in [-0.1, -0.05) is 6.07 Å². The summed E-state index contributed by atoms with van der Waals surface area (Å²) in [6, 6.07) is 6.74. The molecule has 3 rings (SSSR count). The van der Waals surface area contributed by atoms with E-state index in [-0.39, 0.29) is 43.5 Å². The fourth-order valence-electron chi connectivity index (χ4n) is 4.17. The molecule has 0 atom stereocenters. The quantitative estimate of drug-likeness (QED) is 0.545. The number of likely N-dealkylation sites (tertiary alicyclic amines) is 1. The summed E-state index contributed by atoms with van der Waals surface area (Å²) in [6.07, 6.45) is 3.93. The SMILES string of the molecule is N#CC1(c2ccc(OC(F)F)c(OC3CCCC3)c2)CC[N+]([O-])(CC(=O)O)CC1. The van der Waals surface area contributed by atoms with Crippen LogP contribution in [-0.4, -0.2) is 48.1 Å². The molecule has 1 N–H and O–H groups in total. The van der Waals surface area contributed by atoms with Gasteiger partial charge < -0.3 is 24.4 Å². The number of rotatable bonds is 7. The van der Waals surface area contributed by atoms with Gasteiger partial charge in [-0.25, -0.2) is 4.79 Å². The number of nitrogens with zero attached hydrogens (tertiary/aromatic N) is 2. The van der Waals surface area contributed by atoms with E-state index >= 15 is 0 Å². The lowest BCUT2D eigenvalue weighted by Gasteiger charge is -2.48. The van der Waals surface area contributed by atoms with Crippen molar-refractivity contribution >= 4 is 5.97 Å². The topological polar surface area (TPSA) is 103 Å². The highest BCUT2D eigenvalue weighted by molar-refractivity contribution is 5.68. The van der Waals surface area contributed by atoms with E-state index < -0.39 is 29.2 Å². The summed E-state index contributed by atoms with van der Waals surface area (Å²) in [5, 5.41) is 31.4. The van der Waals surface area contributed by atoms with E-state index in [1.54, 1.807) is 12.1 Å². The van der Waals surface area contributed by atoms with Gasteiger partial charge in [0.2, 0.25) is 0 Å². The first-order chi connectivity index (χ1) is 13.8. The number of hydrogen-bond donors (Lipinski definition) is 1. The zero-order valence-corrected chi connectivity index (χ0v) is 16.0. The minimum Gasteiger partial charge on any atom is -0.632 e. The van der Waals surface area contributed by atoms with Crippen LogP contribution in [0, 0.1) is 16.5 Å². The van der Waals surface area contributed by atoms with Gasteiger partial charge in [-0.15, -0.1) is 0 Å². The molecule has 0 spiro atoms. The van der Waals surface area contributed by atoms with Gasteiger partial charge >= 0.3 is 12.6 Å². The Kier molecular flexibility index (Phi) is 6.24. The number of piperidine rings is 1. The highest BCUT2D eigenvalue weighted by Gasteiger charge is 2.42. The molecule has 1 aromatic carbocycles. The molecular formula is C20H24F2N2O5. The molecular weight excluding hydrogens is 386 g/mol. The highest BCUT2D eigenvalue weighted by Crippen LogP contribution is 2.42. The minimum atomic E-state index is -3.00. The summed E-state index contributed by atoms with van der Waals surface area (Å²) in [5.41, 5.74) is -0.432. The van der Waals surface area contributed by atoms with Crippen LogP contribution in [0.15, 0.2) is 18.2 Å². The molecule has 0 aromatic heterocycles. The maximum atomic E-state index is 12.8. The number of alkyl halides is 2. The minimum absolute atomic E-state index is 0.00599. The summed E-state index contributed by atoms with van der Waals surface area (Å²) >= 11 is 0. The van der Waals surface area contributed by atoms with Crippen LogP contribution in [0.25, 0.3) is 0 Å². The number of halogens is 2. The maximum absolute atomic E-state index is 12.8. The third kappa shape index (κ3) is 4.95. The second-order valence-electron chi connectivity index (χ2n) is 7.82. The molecule has 0 amide bonds. The van der Waals surface area contributed by atoms with Crippen molar-refractivity contribution in [3.8, 4) is 17.6 Å². The summed E-state index contributed by atoms with van der Waals surface area (Å²) in [7, 11) is 0. The Morgan fingerprint density at radius 2 is 1.97 bits per heavy atom. The van der Waals surface area contributed by atoms with Gasteiger partial charge in [0.1, 0.15) is 0 Å². The van der Waals surface area contributed by atoms with E-state index in [4.69, 9.17) is 9.84 Å². The molecule has 2 fully saturated rings. The van der Waals surface area contributed by atoms with E-state index in [2.05, 4.69) is 10.8 Å². The monoisotopic (exact) mass is 410 g/mol. The first-order valence-corrected chi connectivity index (χ1v) is 9.71. The Morgan fingerprint density at radius 1 is 1.31 bits per heavy atom. The van der Waals surface area contributed by atoms with E-state index in [9.17, 15) is 24.0 Å². The number of quaternary nitrogens is 1. The molecule has 2 aliphatic rings. The van der Waals surface area contributed by atoms with Gasteiger partial charge in [0, 0.05) is 12.8 Å². The zero-order valence-electron chi connectivity index (χ0n) is 16.0. The molecule has 29 heavy (non-hydrogen) atoms. The summed E-state index contributed by atoms with van der Waals surface area (Å²) in [4.78, 5) is 10.9. The van der Waals surface area contributed by atoms with Crippen molar-refractivity contribution < 1.29 is 32.8 Å². The van der Waals surface area contributed by atoms with Crippen molar-refractivity contribution in [1.29, 1.82) is 5.26 Å². The molecule has 1 aliphatic carbocycles. The Bertz CT molecular complexity index is 782. The molecule has 0 radical (unpaired) electrons. The largest absolute Gasteiger partial charge is 0.632 e. The molecule has 1 saturated carbocycles. The Labute approximate surface area is 167 Å². The molecule has 1 heterocycles. The second-order valence-corrected chi connectivity index (χ2v) is 7.82. The molecule has 0 unspecified atom stereocenters. The molecule has 1 aromatic rings. The Hall–Kier alpha value is -2.44. The standard InChI is InChI=1S/C20H24F2N2O5/c21-19(22)29-16-6-5-14(11-17(16)28-15-3-1-2-4-15)20(13-23)7-9-24(27,10-8-20)12-18(25)26/h5-6,11,15,19H,1-4,7-10,12H2,(H,25,26). The Morgan fingerprint density at radius 3 is 2.52 bits per heavy atom. The number of carboxylic acid groups (broad SMARTS) is 1. The van der Waals surface area contributed by atoms with E-state index in [0.717, 1.165) is 25.7 Å². The van der Waals surface area contributed by atoms with Crippen LogP contribution in [0.1, 0.15) is 44.1 Å². The zero-order chi connectivity index (χ0) is 21.1. The van der Waals surface area contributed by atoms with Crippen LogP contribution in [-0.2, 0) is 10.2 Å². The predicted octanol–water partition coefficient (Wildman–Crippen LogP) is 3.56. The number of aliphatic carboxylic acids is 1. The lowest BCUT2D eigenvalue weighted by atomic mass is 9.73. The fourth-order valence-corrected chi connectivity index (χ4v) is 4.17. The van der Waals surface area contributed by atoms with Crippen LogP contribution in [0.4, 0.5) is 8.78 Å². The third-order valence-electron chi connectivity index (χ3n) is 5.84. The van der Waals surface area contributed by atoms with Crippen molar-refractivity contribution in [2.45, 2.75) is 56.7 Å². The maximum Gasteiger partial charge on any atom is 0.387 e. The molecule has 9 heteroatoms. The fraction of sp³-hybridized carbons (Fsp3) is 0.600.